The van der Waals surface area contributed by atoms with Gasteiger partial charge in [-0.1, -0.05) is 0 Å². The highest BCUT2D eigenvalue weighted by Crippen LogP contribution is 2.37. The molecular weight excluding hydrogens is 406 g/mol. The van der Waals surface area contributed by atoms with Crippen LogP contribution in [0.2, 0.25) is 0 Å². The zero-order chi connectivity index (χ0) is 23.3. The van der Waals surface area contributed by atoms with Gasteiger partial charge in [0, 0.05) is 34.1 Å². The van der Waals surface area contributed by atoms with Crippen LogP contribution < -0.4 is 10.2 Å². The molecule has 0 bridgehead atoms. The largest absolute Gasteiger partial charge is 0.391 e. The fraction of sp³-hybridized carbons (Fsp3) is 0.381. The third kappa shape index (κ3) is 3.67. The SMILES string of the molecule is [2H]C1([2H])CC(c2cc(F)ccc2F)N(c2ccn3ncc(NC(=O)N4CCC(O)C4)c3n2)C1. The van der Waals surface area contributed by atoms with Crippen molar-refractivity contribution in [3.05, 3.63) is 53.9 Å². The summed E-state index contributed by atoms with van der Waals surface area (Å²) in [6.07, 6.45) is 1.36. The maximum absolute atomic E-state index is 14.5. The molecule has 4 heterocycles. The van der Waals surface area contributed by atoms with Crippen LogP contribution in [0.15, 0.2) is 36.7 Å². The molecule has 2 unspecified atom stereocenters. The fourth-order valence-corrected chi connectivity index (χ4v) is 4.06. The normalized spacial score (nSPS) is 23.8. The standard InChI is InChI=1S/C21H22F2N6O2/c22-13-3-4-16(23)15(10-13)18-2-1-7-28(18)19-6-9-29-20(26-19)17(11-24-29)25-21(31)27-8-5-14(30)12-27/h3-4,6,9-11,14,18,30H,1-2,5,7-8,12H2,(H,25,31)/i1D2. The molecule has 2 atom stereocenters. The highest BCUT2D eigenvalue weighted by molar-refractivity contribution is 5.93. The monoisotopic (exact) mass is 430 g/mol. The second kappa shape index (κ2) is 7.77. The number of nitrogens with one attached hydrogen (secondary N) is 1. The highest BCUT2D eigenvalue weighted by atomic mass is 19.1. The van der Waals surface area contributed by atoms with Gasteiger partial charge in [-0.25, -0.2) is 23.1 Å². The van der Waals surface area contributed by atoms with Crippen molar-refractivity contribution in [2.45, 2.75) is 31.4 Å². The number of carbonyl (C=O) groups is 1. The van der Waals surface area contributed by atoms with Crippen LogP contribution in [0, 0.1) is 11.6 Å². The number of aromatic nitrogens is 3. The smallest absolute Gasteiger partial charge is 0.322 e. The van der Waals surface area contributed by atoms with Gasteiger partial charge in [0.1, 0.15) is 23.1 Å². The molecular formula is C21H22F2N6O2. The second-order valence-electron chi connectivity index (χ2n) is 7.69. The summed E-state index contributed by atoms with van der Waals surface area (Å²) >= 11 is 0. The van der Waals surface area contributed by atoms with E-state index in [1.165, 1.54) is 15.6 Å². The van der Waals surface area contributed by atoms with E-state index in [1.54, 1.807) is 17.2 Å². The molecule has 31 heavy (non-hydrogen) atoms. The number of hydrogen-bond acceptors (Lipinski definition) is 5. The lowest BCUT2D eigenvalue weighted by Gasteiger charge is -2.26. The predicted molar refractivity (Wildman–Crippen MR) is 110 cm³/mol. The van der Waals surface area contributed by atoms with Crippen LogP contribution in [0.5, 0.6) is 0 Å². The van der Waals surface area contributed by atoms with Gasteiger partial charge in [0.05, 0.1) is 18.3 Å². The average molecular weight is 430 g/mol. The number of urea groups is 1. The molecule has 2 aliphatic heterocycles. The first kappa shape index (κ1) is 17.4. The Bertz CT molecular complexity index is 1220. The second-order valence-corrected chi connectivity index (χ2v) is 7.69. The summed E-state index contributed by atoms with van der Waals surface area (Å²) in [6.45, 7) is 0.625. The summed E-state index contributed by atoms with van der Waals surface area (Å²) in [6, 6.07) is 3.63. The summed E-state index contributed by atoms with van der Waals surface area (Å²) in [5.41, 5.74) is 0.734. The van der Waals surface area contributed by atoms with Crippen LogP contribution in [0.25, 0.3) is 5.65 Å². The number of likely N-dealkylation sites (tertiary alicyclic amines) is 1. The topological polar surface area (TPSA) is 86.0 Å². The van der Waals surface area contributed by atoms with Gasteiger partial charge in [0.2, 0.25) is 0 Å². The minimum atomic E-state index is -1.63. The van der Waals surface area contributed by atoms with Crippen LogP contribution in [-0.4, -0.2) is 56.4 Å². The van der Waals surface area contributed by atoms with Crippen LogP contribution in [0.1, 0.15) is 33.6 Å². The van der Waals surface area contributed by atoms with Crippen LogP contribution >= 0.6 is 0 Å². The number of aliphatic hydroxyl groups excluding tert-OH is 1. The van der Waals surface area contributed by atoms with Crippen molar-refractivity contribution in [1.82, 2.24) is 19.5 Å². The summed E-state index contributed by atoms with van der Waals surface area (Å²) < 4.78 is 46.3. The molecule has 0 saturated carbocycles. The summed E-state index contributed by atoms with van der Waals surface area (Å²) in [5, 5.41) is 16.6. The summed E-state index contributed by atoms with van der Waals surface area (Å²) in [5.74, 6) is -0.865. The van der Waals surface area contributed by atoms with E-state index in [1.807, 2.05) is 0 Å². The Hall–Kier alpha value is -3.27. The van der Waals surface area contributed by atoms with E-state index in [0.29, 0.717) is 30.1 Å². The van der Waals surface area contributed by atoms with Gasteiger partial charge < -0.3 is 20.2 Å². The molecule has 5 rings (SSSR count). The lowest BCUT2D eigenvalue weighted by Crippen LogP contribution is -2.33. The third-order valence-corrected chi connectivity index (χ3v) is 5.65. The van der Waals surface area contributed by atoms with Crippen LogP contribution in [0.4, 0.5) is 25.1 Å². The van der Waals surface area contributed by atoms with Gasteiger partial charge in [-0.05, 0) is 43.5 Å². The van der Waals surface area contributed by atoms with Crippen molar-refractivity contribution in [3.8, 4) is 0 Å². The third-order valence-electron chi connectivity index (χ3n) is 5.65. The predicted octanol–water partition coefficient (Wildman–Crippen LogP) is 2.95. The molecule has 2 fully saturated rings. The number of halogens is 2. The molecule has 2 saturated heterocycles. The van der Waals surface area contributed by atoms with Gasteiger partial charge >= 0.3 is 6.03 Å². The highest BCUT2D eigenvalue weighted by Gasteiger charge is 2.30. The average Bonchev–Trinajstić information content (AvgIpc) is 3.46. The molecule has 2 N–H and O–H groups in total. The van der Waals surface area contributed by atoms with Crippen molar-refractivity contribution in [2.75, 3.05) is 29.9 Å². The molecule has 1 aromatic carbocycles. The number of fused-ring (bicyclic) bond motifs is 1. The lowest BCUT2D eigenvalue weighted by atomic mass is 10.0. The molecule has 0 aliphatic carbocycles. The Balaban J connectivity index is 1.47. The van der Waals surface area contributed by atoms with E-state index in [2.05, 4.69) is 15.4 Å². The minimum absolute atomic E-state index is 0.0274. The number of aliphatic hydroxyl groups is 1. The maximum atomic E-state index is 14.5. The lowest BCUT2D eigenvalue weighted by molar-refractivity contribution is 0.176. The molecule has 8 nitrogen and oxygen atoms in total. The zero-order valence-corrected chi connectivity index (χ0v) is 16.5. The van der Waals surface area contributed by atoms with E-state index in [9.17, 15) is 18.7 Å². The number of β-amino-alcohol motifs (C(OH)–C–C–N with tert-alkyl or cyclic N) is 1. The number of rotatable bonds is 3. The minimum Gasteiger partial charge on any atom is -0.391 e. The number of carbonyl (C=O) groups excluding carboxylic acids is 1. The Morgan fingerprint density at radius 1 is 1.26 bits per heavy atom. The van der Waals surface area contributed by atoms with Crippen LogP contribution in [0.3, 0.4) is 0 Å². The Kier molecular flexibility index (Phi) is 4.36. The Morgan fingerprint density at radius 3 is 2.94 bits per heavy atom. The van der Waals surface area contributed by atoms with Crippen molar-refractivity contribution < 1.29 is 21.4 Å². The molecule has 0 radical (unpaired) electrons. The molecule has 2 aromatic heterocycles. The first-order valence-corrected chi connectivity index (χ1v) is 10.0. The molecule has 2 aliphatic rings. The Labute approximate surface area is 179 Å². The molecule has 2 amide bonds. The number of benzene rings is 1. The van der Waals surface area contributed by atoms with Gasteiger partial charge in [-0.2, -0.15) is 5.10 Å². The number of nitrogens with zero attached hydrogens (tertiary/aromatic N) is 5. The van der Waals surface area contributed by atoms with E-state index < -0.39 is 30.2 Å². The van der Waals surface area contributed by atoms with Gasteiger partial charge in [-0.15, -0.1) is 0 Å². The van der Waals surface area contributed by atoms with E-state index in [0.717, 1.165) is 18.2 Å². The number of hydrogen-bond donors (Lipinski definition) is 2. The molecule has 0 spiro atoms. The summed E-state index contributed by atoms with van der Waals surface area (Å²) in [4.78, 5) is 20.2. The first-order valence-electron chi connectivity index (χ1n) is 11.0. The molecule has 10 heteroatoms. The van der Waals surface area contributed by atoms with Gasteiger partial charge in [0.25, 0.3) is 0 Å². The van der Waals surface area contributed by atoms with Gasteiger partial charge in [0.15, 0.2) is 5.65 Å². The molecule has 162 valence electrons. The van der Waals surface area contributed by atoms with Crippen molar-refractivity contribution in [2.24, 2.45) is 0 Å². The molecule has 3 aromatic rings. The van der Waals surface area contributed by atoms with E-state index in [4.69, 9.17) is 2.74 Å². The van der Waals surface area contributed by atoms with Crippen molar-refractivity contribution >= 4 is 23.2 Å². The van der Waals surface area contributed by atoms with Gasteiger partial charge in [-0.3, -0.25) is 0 Å². The maximum Gasteiger partial charge on any atom is 0.322 e. The fourth-order valence-electron chi connectivity index (χ4n) is 4.06. The van der Waals surface area contributed by atoms with Crippen molar-refractivity contribution in [1.29, 1.82) is 0 Å². The Morgan fingerprint density at radius 2 is 2.13 bits per heavy atom. The van der Waals surface area contributed by atoms with Crippen molar-refractivity contribution in [3.63, 3.8) is 0 Å². The first-order chi connectivity index (χ1) is 15.7. The number of anilines is 2. The number of amides is 2. The zero-order valence-electron chi connectivity index (χ0n) is 18.5. The van der Waals surface area contributed by atoms with E-state index >= 15 is 0 Å². The summed E-state index contributed by atoms with van der Waals surface area (Å²) in [7, 11) is 0. The quantitative estimate of drug-likeness (QED) is 0.667. The van der Waals surface area contributed by atoms with E-state index in [-0.39, 0.29) is 31.1 Å². The van der Waals surface area contributed by atoms with Crippen LogP contribution in [-0.2, 0) is 0 Å².